The van der Waals surface area contributed by atoms with Crippen LogP contribution in [0.15, 0.2) is 42.5 Å². The van der Waals surface area contributed by atoms with E-state index < -0.39 is 17.6 Å². The van der Waals surface area contributed by atoms with Crippen molar-refractivity contribution in [1.82, 2.24) is 9.59 Å². The van der Waals surface area contributed by atoms with Crippen LogP contribution < -0.4 is 5.32 Å². The maximum Gasteiger partial charge on any atom is 0.416 e. The van der Waals surface area contributed by atoms with Gasteiger partial charge in [-0.2, -0.15) is 13.2 Å². The molecule has 3 aromatic rings. The highest BCUT2D eigenvalue weighted by molar-refractivity contribution is 7.08. The molecule has 0 aliphatic heterocycles. The number of nitrogens with zero attached hydrogens (tertiary/aromatic N) is 2. The number of benzene rings is 2. The third kappa shape index (κ3) is 3.98. The summed E-state index contributed by atoms with van der Waals surface area (Å²) in [5.74, 6) is -0.661. The molecule has 134 valence electrons. The number of aromatic nitrogens is 2. The molecule has 10 heteroatoms. The molecule has 0 fully saturated rings. The van der Waals surface area contributed by atoms with Crippen LogP contribution in [0, 0.1) is 0 Å². The molecule has 26 heavy (non-hydrogen) atoms. The lowest BCUT2D eigenvalue weighted by molar-refractivity contribution is -0.137. The Hall–Kier alpha value is -2.16. The SMILES string of the molecule is O=C(Nc1cc(C(F)(F)F)ccc1Cl)c1snnc1-c1ccc(Cl)cc1. The molecular formula is C16H8Cl2F3N3OS. The van der Waals surface area contributed by atoms with E-state index in [2.05, 4.69) is 14.9 Å². The zero-order valence-corrected chi connectivity index (χ0v) is 15.0. The maximum atomic E-state index is 12.8. The summed E-state index contributed by atoms with van der Waals surface area (Å²) in [7, 11) is 0. The van der Waals surface area contributed by atoms with Gasteiger partial charge in [-0.1, -0.05) is 39.8 Å². The number of carbonyl (C=O) groups is 1. The average Bonchev–Trinajstić information content (AvgIpc) is 3.06. The number of amides is 1. The van der Waals surface area contributed by atoms with Crippen molar-refractivity contribution < 1.29 is 18.0 Å². The van der Waals surface area contributed by atoms with Gasteiger partial charge in [-0.3, -0.25) is 4.79 Å². The van der Waals surface area contributed by atoms with Crippen LogP contribution in [0.5, 0.6) is 0 Å². The van der Waals surface area contributed by atoms with E-state index in [4.69, 9.17) is 23.2 Å². The van der Waals surface area contributed by atoms with Gasteiger partial charge in [0.1, 0.15) is 10.6 Å². The molecule has 0 unspecified atom stereocenters. The molecule has 0 saturated heterocycles. The average molecular weight is 418 g/mol. The van der Waals surface area contributed by atoms with Gasteiger partial charge in [0, 0.05) is 10.6 Å². The quantitative estimate of drug-likeness (QED) is 0.587. The Balaban J connectivity index is 1.91. The number of halogens is 5. The topological polar surface area (TPSA) is 54.9 Å². The second kappa shape index (κ2) is 7.22. The van der Waals surface area contributed by atoms with Crippen molar-refractivity contribution in [3.8, 4) is 11.3 Å². The minimum Gasteiger partial charge on any atom is -0.320 e. The first-order valence-electron chi connectivity index (χ1n) is 7.02. The number of nitrogens with one attached hydrogen (secondary N) is 1. The van der Waals surface area contributed by atoms with Gasteiger partial charge in [0.05, 0.1) is 16.3 Å². The maximum absolute atomic E-state index is 12.8. The third-order valence-electron chi connectivity index (χ3n) is 3.35. The van der Waals surface area contributed by atoms with E-state index >= 15 is 0 Å². The predicted octanol–water partition coefficient (Wildman–Crippen LogP) is 5.78. The van der Waals surface area contributed by atoms with Crippen LogP contribution in [0.1, 0.15) is 15.2 Å². The van der Waals surface area contributed by atoms with Crippen LogP contribution in [0.25, 0.3) is 11.3 Å². The van der Waals surface area contributed by atoms with E-state index in [0.717, 1.165) is 29.7 Å². The Morgan fingerprint density at radius 3 is 2.42 bits per heavy atom. The Morgan fingerprint density at radius 2 is 1.77 bits per heavy atom. The van der Waals surface area contributed by atoms with Crippen LogP contribution in [0.4, 0.5) is 18.9 Å². The number of alkyl halides is 3. The molecule has 0 spiro atoms. The normalized spacial score (nSPS) is 11.4. The predicted molar refractivity (Wildman–Crippen MR) is 94.8 cm³/mol. The molecule has 0 aliphatic carbocycles. The molecule has 3 rings (SSSR count). The van der Waals surface area contributed by atoms with E-state index in [1.165, 1.54) is 0 Å². The molecule has 1 amide bonds. The first-order chi connectivity index (χ1) is 12.3. The summed E-state index contributed by atoms with van der Waals surface area (Å²) in [5, 5.41) is 6.79. The highest BCUT2D eigenvalue weighted by Crippen LogP contribution is 2.34. The Labute approximate surface area is 159 Å². The van der Waals surface area contributed by atoms with Crippen LogP contribution in [-0.4, -0.2) is 15.5 Å². The van der Waals surface area contributed by atoms with Crippen molar-refractivity contribution in [2.24, 2.45) is 0 Å². The fourth-order valence-electron chi connectivity index (χ4n) is 2.11. The van der Waals surface area contributed by atoms with Gasteiger partial charge in [0.15, 0.2) is 0 Å². The monoisotopic (exact) mass is 417 g/mol. The molecule has 1 heterocycles. The number of carbonyl (C=O) groups excluding carboxylic acids is 1. The minimum absolute atomic E-state index is 0.0168. The summed E-state index contributed by atoms with van der Waals surface area (Å²) in [6.45, 7) is 0. The van der Waals surface area contributed by atoms with Crippen molar-refractivity contribution in [3.63, 3.8) is 0 Å². The van der Waals surface area contributed by atoms with Gasteiger partial charge in [-0.15, -0.1) is 5.10 Å². The van der Waals surface area contributed by atoms with Crippen LogP contribution >= 0.6 is 34.7 Å². The highest BCUT2D eigenvalue weighted by Gasteiger charge is 2.31. The molecule has 0 aliphatic rings. The Bertz CT molecular complexity index is 958. The number of anilines is 1. The highest BCUT2D eigenvalue weighted by atomic mass is 35.5. The fraction of sp³-hybridized carbons (Fsp3) is 0.0625. The molecule has 0 saturated carbocycles. The lowest BCUT2D eigenvalue weighted by Gasteiger charge is -2.11. The largest absolute Gasteiger partial charge is 0.416 e. The molecule has 1 N–H and O–H groups in total. The standard InChI is InChI=1S/C16H8Cl2F3N3OS/c17-10-4-1-8(2-5-10)13-14(26-24-23-13)15(25)22-12-7-9(16(19,20)21)3-6-11(12)18/h1-7H,(H,22,25). The number of hydrogen-bond acceptors (Lipinski definition) is 4. The summed E-state index contributed by atoms with van der Waals surface area (Å²) in [6, 6.07) is 9.26. The van der Waals surface area contributed by atoms with Gasteiger partial charge in [-0.05, 0) is 41.9 Å². The van der Waals surface area contributed by atoms with Gasteiger partial charge in [0.25, 0.3) is 5.91 Å². The summed E-state index contributed by atoms with van der Waals surface area (Å²) >= 11 is 12.6. The van der Waals surface area contributed by atoms with Crippen molar-refractivity contribution >= 4 is 46.3 Å². The van der Waals surface area contributed by atoms with E-state index in [0.29, 0.717) is 16.3 Å². The lowest BCUT2D eigenvalue weighted by atomic mass is 10.1. The van der Waals surface area contributed by atoms with Crippen molar-refractivity contribution in [2.75, 3.05) is 5.32 Å². The van der Waals surface area contributed by atoms with Crippen molar-refractivity contribution in [2.45, 2.75) is 6.18 Å². The summed E-state index contributed by atoms with van der Waals surface area (Å²) in [6.07, 6.45) is -4.55. The molecule has 0 atom stereocenters. The summed E-state index contributed by atoms with van der Waals surface area (Å²) in [4.78, 5) is 12.6. The van der Waals surface area contributed by atoms with E-state index in [9.17, 15) is 18.0 Å². The third-order valence-corrected chi connectivity index (χ3v) is 4.66. The fourth-order valence-corrected chi connectivity index (χ4v) is 2.99. The molecule has 2 aromatic carbocycles. The second-order valence-electron chi connectivity index (χ2n) is 5.10. The van der Waals surface area contributed by atoms with Crippen LogP contribution in [-0.2, 0) is 6.18 Å². The zero-order chi connectivity index (χ0) is 18.9. The van der Waals surface area contributed by atoms with E-state index in [1.807, 2.05) is 0 Å². The van der Waals surface area contributed by atoms with Gasteiger partial charge < -0.3 is 5.32 Å². The smallest absolute Gasteiger partial charge is 0.320 e. The molecular weight excluding hydrogens is 410 g/mol. The van der Waals surface area contributed by atoms with Crippen molar-refractivity contribution in [1.29, 1.82) is 0 Å². The van der Waals surface area contributed by atoms with E-state index in [-0.39, 0.29) is 15.6 Å². The van der Waals surface area contributed by atoms with Crippen LogP contribution in [0.2, 0.25) is 10.0 Å². The molecule has 0 radical (unpaired) electrons. The Kier molecular flexibility index (Phi) is 5.17. The molecule has 0 bridgehead atoms. The number of hydrogen-bond donors (Lipinski definition) is 1. The second-order valence-corrected chi connectivity index (χ2v) is 6.70. The zero-order valence-electron chi connectivity index (χ0n) is 12.6. The summed E-state index contributed by atoms with van der Waals surface area (Å²) in [5.41, 5.74) is -0.171. The van der Waals surface area contributed by atoms with Crippen molar-refractivity contribution in [3.05, 3.63) is 63.0 Å². The first kappa shape index (κ1) is 18.6. The first-order valence-corrected chi connectivity index (χ1v) is 8.55. The number of rotatable bonds is 3. The lowest BCUT2D eigenvalue weighted by Crippen LogP contribution is -2.13. The Morgan fingerprint density at radius 1 is 1.08 bits per heavy atom. The van der Waals surface area contributed by atoms with Gasteiger partial charge >= 0.3 is 6.18 Å². The van der Waals surface area contributed by atoms with E-state index in [1.54, 1.807) is 24.3 Å². The minimum atomic E-state index is -4.55. The van der Waals surface area contributed by atoms with Gasteiger partial charge in [-0.25, -0.2) is 0 Å². The molecule has 4 nitrogen and oxygen atoms in total. The van der Waals surface area contributed by atoms with Crippen LogP contribution in [0.3, 0.4) is 0 Å². The molecule has 1 aromatic heterocycles. The van der Waals surface area contributed by atoms with Gasteiger partial charge in [0.2, 0.25) is 0 Å². The summed E-state index contributed by atoms with van der Waals surface area (Å²) < 4.78 is 42.3.